The summed E-state index contributed by atoms with van der Waals surface area (Å²) < 4.78 is 5.20. The van der Waals surface area contributed by atoms with E-state index >= 15 is 0 Å². The average Bonchev–Trinajstić information content (AvgIpc) is 2.69. The Labute approximate surface area is 149 Å². The molecular formula is C20H25N3O2. The second-order valence-corrected chi connectivity index (χ2v) is 6.46. The molecule has 25 heavy (non-hydrogen) atoms. The van der Waals surface area contributed by atoms with Gasteiger partial charge in [-0.1, -0.05) is 13.0 Å². The molecule has 1 unspecified atom stereocenters. The number of hydrogen-bond acceptors (Lipinski definition) is 4. The summed E-state index contributed by atoms with van der Waals surface area (Å²) in [6.45, 7) is 5.34. The highest BCUT2D eigenvalue weighted by Crippen LogP contribution is 2.22. The summed E-state index contributed by atoms with van der Waals surface area (Å²) in [7, 11) is 1.67. The maximum atomic E-state index is 12.6. The van der Waals surface area contributed by atoms with Crippen LogP contribution in [0, 0.1) is 0 Å². The molecule has 1 aliphatic heterocycles. The van der Waals surface area contributed by atoms with Crippen LogP contribution in [0.2, 0.25) is 0 Å². The van der Waals surface area contributed by atoms with Crippen LogP contribution in [0.5, 0.6) is 5.75 Å². The highest BCUT2D eigenvalue weighted by Gasteiger charge is 2.23. The summed E-state index contributed by atoms with van der Waals surface area (Å²) in [6, 6.07) is 12.0. The van der Waals surface area contributed by atoms with Crippen LogP contribution in [0.4, 0.5) is 5.69 Å². The summed E-state index contributed by atoms with van der Waals surface area (Å²) in [6.07, 6.45) is 4.14. The van der Waals surface area contributed by atoms with Crippen LogP contribution in [-0.4, -0.2) is 49.1 Å². The summed E-state index contributed by atoms with van der Waals surface area (Å²) in [4.78, 5) is 21.0. The lowest BCUT2D eigenvalue weighted by molar-refractivity contribution is -0.131. The first-order valence-electron chi connectivity index (χ1n) is 8.74. The molecule has 0 saturated carbocycles. The molecule has 0 spiro atoms. The molecule has 2 heterocycles. The molecule has 0 radical (unpaired) electrons. The predicted molar refractivity (Wildman–Crippen MR) is 99.1 cm³/mol. The van der Waals surface area contributed by atoms with Crippen molar-refractivity contribution in [2.75, 3.05) is 38.2 Å². The lowest BCUT2D eigenvalue weighted by Crippen LogP contribution is -2.49. The van der Waals surface area contributed by atoms with Gasteiger partial charge in [-0.25, -0.2) is 0 Å². The number of methoxy groups -OCH3 is 1. The van der Waals surface area contributed by atoms with Gasteiger partial charge in [0.25, 0.3) is 0 Å². The average molecular weight is 339 g/mol. The number of pyridine rings is 1. The van der Waals surface area contributed by atoms with Crippen molar-refractivity contribution in [3.63, 3.8) is 0 Å². The van der Waals surface area contributed by atoms with Gasteiger partial charge < -0.3 is 14.5 Å². The van der Waals surface area contributed by atoms with Gasteiger partial charge in [-0.2, -0.15) is 0 Å². The Bertz CT molecular complexity index is 680. The van der Waals surface area contributed by atoms with Gasteiger partial charge in [-0.3, -0.25) is 9.78 Å². The Morgan fingerprint density at radius 3 is 2.48 bits per heavy atom. The van der Waals surface area contributed by atoms with E-state index in [1.165, 1.54) is 5.69 Å². The lowest BCUT2D eigenvalue weighted by Gasteiger charge is -2.36. The van der Waals surface area contributed by atoms with E-state index in [9.17, 15) is 4.79 Å². The lowest BCUT2D eigenvalue weighted by atomic mass is 9.99. The van der Waals surface area contributed by atoms with Crippen LogP contribution < -0.4 is 9.64 Å². The van der Waals surface area contributed by atoms with Crippen LogP contribution in [0.25, 0.3) is 0 Å². The monoisotopic (exact) mass is 339 g/mol. The minimum Gasteiger partial charge on any atom is -0.497 e. The number of carbonyl (C=O) groups excluding carboxylic acids is 1. The van der Waals surface area contributed by atoms with Crippen molar-refractivity contribution in [1.29, 1.82) is 0 Å². The zero-order valence-electron chi connectivity index (χ0n) is 14.9. The number of nitrogens with zero attached hydrogens (tertiary/aromatic N) is 3. The maximum Gasteiger partial charge on any atom is 0.223 e. The third kappa shape index (κ3) is 4.29. The van der Waals surface area contributed by atoms with Gasteiger partial charge in [0, 0.05) is 50.7 Å². The molecule has 132 valence electrons. The van der Waals surface area contributed by atoms with Crippen molar-refractivity contribution in [1.82, 2.24) is 9.88 Å². The van der Waals surface area contributed by atoms with Gasteiger partial charge in [-0.15, -0.1) is 0 Å². The molecular weight excluding hydrogens is 314 g/mol. The number of rotatable bonds is 5. The van der Waals surface area contributed by atoms with Crippen molar-refractivity contribution in [2.45, 2.75) is 19.3 Å². The third-order valence-electron chi connectivity index (χ3n) is 4.80. The van der Waals surface area contributed by atoms with E-state index in [1.54, 1.807) is 13.3 Å². The SMILES string of the molecule is COc1ccc(N2CCN(C(=O)CC(C)c3cccnc3)CC2)cc1. The van der Waals surface area contributed by atoms with Gasteiger partial charge in [0.1, 0.15) is 5.75 Å². The zero-order valence-corrected chi connectivity index (χ0v) is 14.9. The normalized spacial score (nSPS) is 15.8. The van der Waals surface area contributed by atoms with Gasteiger partial charge >= 0.3 is 0 Å². The van der Waals surface area contributed by atoms with Gasteiger partial charge in [0.2, 0.25) is 5.91 Å². The largest absolute Gasteiger partial charge is 0.497 e. The number of hydrogen-bond donors (Lipinski definition) is 0. The second-order valence-electron chi connectivity index (χ2n) is 6.46. The molecule has 1 amide bonds. The van der Waals surface area contributed by atoms with E-state index in [0.29, 0.717) is 6.42 Å². The van der Waals surface area contributed by atoms with E-state index in [-0.39, 0.29) is 11.8 Å². The number of carbonyl (C=O) groups is 1. The fourth-order valence-corrected chi connectivity index (χ4v) is 3.18. The van der Waals surface area contributed by atoms with Crippen LogP contribution in [0.1, 0.15) is 24.8 Å². The Balaban J connectivity index is 1.52. The molecule has 3 rings (SSSR count). The first-order valence-corrected chi connectivity index (χ1v) is 8.74. The minimum atomic E-state index is 0.195. The molecule has 1 aromatic carbocycles. The van der Waals surface area contributed by atoms with Crippen molar-refractivity contribution in [3.05, 3.63) is 54.4 Å². The Kier molecular flexibility index (Phi) is 5.53. The molecule has 2 aromatic rings. The number of ether oxygens (including phenoxy) is 1. The molecule has 5 nitrogen and oxygen atoms in total. The molecule has 1 aromatic heterocycles. The Morgan fingerprint density at radius 2 is 1.88 bits per heavy atom. The maximum absolute atomic E-state index is 12.6. The predicted octanol–water partition coefficient (Wildman–Crippen LogP) is 2.93. The van der Waals surface area contributed by atoms with Crippen LogP contribution in [-0.2, 0) is 4.79 Å². The van der Waals surface area contributed by atoms with Crippen molar-refractivity contribution >= 4 is 11.6 Å². The second kappa shape index (κ2) is 8.01. The summed E-state index contributed by atoms with van der Waals surface area (Å²) in [5, 5.41) is 0. The highest BCUT2D eigenvalue weighted by atomic mass is 16.5. The first-order chi connectivity index (χ1) is 12.2. The number of benzene rings is 1. The number of aromatic nitrogens is 1. The number of piperazine rings is 1. The first kappa shape index (κ1) is 17.3. The summed E-state index contributed by atoms with van der Waals surface area (Å²) >= 11 is 0. The summed E-state index contributed by atoms with van der Waals surface area (Å²) in [5.41, 5.74) is 2.30. The molecule has 0 bridgehead atoms. The van der Waals surface area contributed by atoms with Crippen molar-refractivity contribution in [2.24, 2.45) is 0 Å². The third-order valence-corrected chi connectivity index (χ3v) is 4.80. The van der Waals surface area contributed by atoms with Gasteiger partial charge in [-0.05, 0) is 41.8 Å². The van der Waals surface area contributed by atoms with E-state index < -0.39 is 0 Å². The number of amides is 1. The smallest absolute Gasteiger partial charge is 0.223 e. The highest BCUT2D eigenvalue weighted by molar-refractivity contribution is 5.77. The molecule has 1 fully saturated rings. The Hall–Kier alpha value is -2.56. The molecule has 1 saturated heterocycles. The summed E-state index contributed by atoms with van der Waals surface area (Å²) in [5.74, 6) is 1.29. The van der Waals surface area contributed by atoms with Crippen LogP contribution in [0.15, 0.2) is 48.8 Å². The molecule has 0 aliphatic carbocycles. The standard InChI is InChI=1S/C20H25N3O2/c1-16(17-4-3-9-21-15-17)14-20(24)23-12-10-22(11-13-23)18-5-7-19(25-2)8-6-18/h3-9,15-16H,10-14H2,1-2H3. The van der Waals surface area contributed by atoms with Gasteiger partial charge in [0.15, 0.2) is 0 Å². The van der Waals surface area contributed by atoms with Crippen LogP contribution in [0.3, 0.4) is 0 Å². The van der Waals surface area contributed by atoms with E-state index in [2.05, 4.69) is 28.9 Å². The van der Waals surface area contributed by atoms with Crippen LogP contribution >= 0.6 is 0 Å². The quantitative estimate of drug-likeness (QED) is 0.840. The topological polar surface area (TPSA) is 45.7 Å². The Morgan fingerprint density at radius 1 is 1.16 bits per heavy atom. The fraction of sp³-hybridized carbons (Fsp3) is 0.400. The van der Waals surface area contributed by atoms with Gasteiger partial charge in [0.05, 0.1) is 7.11 Å². The van der Waals surface area contributed by atoms with Crippen molar-refractivity contribution in [3.8, 4) is 5.75 Å². The molecule has 1 aliphatic rings. The fourth-order valence-electron chi connectivity index (χ4n) is 3.18. The van der Waals surface area contributed by atoms with Crippen molar-refractivity contribution < 1.29 is 9.53 Å². The molecule has 0 N–H and O–H groups in total. The van der Waals surface area contributed by atoms with E-state index in [0.717, 1.165) is 37.5 Å². The molecule has 1 atom stereocenters. The number of anilines is 1. The van der Waals surface area contributed by atoms with E-state index in [1.807, 2.05) is 35.4 Å². The van der Waals surface area contributed by atoms with E-state index in [4.69, 9.17) is 4.74 Å². The zero-order chi connectivity index (χ0) is 17.6. The molecule has 5 heteroatoms. The minimum absolute atomic E-state index is 0.195.